The Balaban J connectivity index is 3.00. The van der Waals surface area contributed by atoms with Gasteiger partial charge in [0.1, 0.15) is 23.3 Å². The molecule has 8 nitrogen and oxygen atoms in total. The molecule has 1 rings (SSSR count). The summed E-state index contributed by atoms with van der Waals surface area (Å²) in [7, 11) is 7.08. The summed E-state index contributed by atoms with van der Waals surface area (Å²) in [5.41, 5.74) is 0.680. The number of esters is 2. The number of benzene rings is 1. The monoisotopic (exact) mass is 341 g/mol. The molecule has 0 bridgehead atoms. The Morgan fingerprint density at radius 1 is 0.958 bits per heavy atom. The Hall–Kier alpha value is -2.48. The van der Waals surface area contributed by atoms with Crippen LogP contribution in [0, 0.1) is 0 Å². The number of methoxy groups -OCH3 is 5. The second kappa shape index (κ2) is 9.61. The summed E-state index contributed by atoms with van der Waals surface area (Å²) >= 11 is 0. The Labute approximate surface area is 141 Å². The molecule has 0 fully saturated rings. The van der Waals surface area contributed by atoms with Crippen LogP contribution < -0.4 is 19.5 Å². The zero-order chi connectivity index (χ0) is 18.1. The van der Waals surface area contributed by atoms with Crippen molar-refractivity contribution in [2.45, 2.75) is 19.0 Å². The van der Waals surface area contributed by atoms with Crippen molar-refractivity contribution in [1.29, 1.82) is 0 Å². The average Bonchev–Trinajstić information content (AvgIpc) is 2.63. The molecule has 1 atom stereocenters. The third-order valence-corrected chi connectivity index (χ3v) is 3.43. The largest absolute Gasteiger partial charge is 0.496 e. The summed E-state index contributed by atoms with van der Waals surface area (Å²) in [6, 6.07) is 2.55. The van der Waals surface area contributed by atoms with Gasteiger partial charge in [0.15, 0.2) is 0 Å². The molecule has 1 aromatic carbocycles. The highest BCUT2D eigenvalue weighted by Gasteiger charge is 2.24. The number of carbonyl (C=O) groups is 2. The summed E-state index contributed by atoms with van der Waals surface area (Å²) in [4.78, 5) is 23.3. The molecule has 0 spiro atoms. The first-order valence-electron chi connectivity index (χ1n) is 7.17. The fourth-order valence-corrected chi connectivity index (χ4v) is 2.11. The first-order chi connectivity index (χ1) is 11.5. The minimum absolute atomic E-state index is 0.149. The molecule has 1 N–H and O–H groups in total. The molecule has 0 saturated carbocycles. The van der Waals surface area contributed by atoms with Gasteiger partial charge in [0.2, 0.25) is 0 Å². The quantitative estimate of drug-likeness (QED) is 0.663. The van der Waals surface area contributed by atoms with Gasteiger partial charge < -0.3 is 23.7 Å². The van der Waals surface area contributed by atoms with Crippen LogP contribution in [0.25, 0.3) is 0 Å². The van der Waals surface area contributed by atoms with Gasteiger partial charge in [0.25, 0.3) is 0 Å². The van der Waals surface area contributed by atoms with Crippen LogP contribution in [0.1, 0.15) is 12.0 Å². The summed E-state index contributed by atoms with van der Waals surface area (Å²) in [6.45, 7) is 0.215. The van der Waals surface area contributed by atoms with Crippen LogP contribution in [0.3, 0.4) is 0 Å². The fourth-order valence-electron chi connectivity index (χ4n) is 2.11. The van der Waals surface area contributed by atoms with Gasteiger partial charge in [-0.15, -0.1) is 0 Å². The fraction of sp³-hybridized carbons (Fsp3) is 0.500. The van der Waals surface area contributed by atoms with Crippen LogP contribution in [-0.4, -0.2) is 53.5 Å². The predicted octanol–water partition coefficient (Wildman–Crippen LogP) is 0.907. The molecule has 0 aliphatic heterocycles. The van der Waals surface area contributed by atoms with Gasteiger partial charge in [-0.2, -0.15) is 0 Å². The van der Waals surface area contributed by atoms with Crippen molar-refractivity contribution in [3.8, 4) is 17.2 Å². The van der Waals surface area contributed by atoms with E-state index in [9.17, 15) is 9.59 Å². The van der Waals surface area contributed by atoms with Gasteiger partial charge in [0.05, 0.1) is 47.5 Å². The van der Waals surface area contributed by atoms with Crippen LogP contribution in [0.2, 0.25) is 0 Å². The number of hydrogen-bond acceptors (Lipinski definition) is 8. The Morgan fingerprint density at radius 2 is 1.54 bits per heavy atom. The molecule has 1 unspecified atom stereocenters. The highest BCUT2D eigenvalue weighted by Crippen LogP contribution is 2.34. The minimum atomic E-state index is -0.848. The van der Waals surface area contributed by atoms with Crippen molar-refractivity contribution < 1.29 is 33.3 Å². The lowest BCUT2D eigenvalue weighted by Gasteiger charge is -2.19. The van der Waals surface area contributed by atoms with E-state index in [0.717, 1.165) is 0 Å². The standard InChI is InChI=1S/C16H23NO7/c1-20-10-6-13(21-2)11(14(7-10)22-3)9-17-12(16(19)24-5)8-15(18)23-4/h6-7,12,17H,8-9H2,1-5H3. The van der Waals surface area contributed by atoms with E-state index in [-0.39, 0.29) is 13.0 Å². The second-order valence-electron chi connectivity index (χ2n) is 4.75. The molecule has 8 heteroatoms. The summed E-state index contributed by atoms with van der Waals surface area (Å²) < 4.78 is 25.2. The molecule has 0 aliphatic rings. The van der Waals surface area contributed by atoms with E-state index in [1.165, 1.54) is 35.5 Å². The van der Waals surface area contributed by atoms with Crippen molar-refractivity contribution in [2.24, 2.45) is 0 Å². The van der Waals surface area contributed by atoms with E-state index >= 15 is 0 Å². The minimum Gasteiger partial charge on any atom is -0.496 e. The molecule has 0 aromatic heterocycles. The first-order valence-corrected chi connectivity index (χ1v) is 7.17. The van der Waals surface area contributed by atoms with Crippen molar-refractivity contribution >= 4 is 11.9 Å². The van der Waals surface area contributed by atoms with Crippen molar-refractivity contribution in [3.05, 3.63) is 17.7 Å². The predicted molar refractivity (Wildman–Crippen MR) is 85.4 cm³/mol. The van der Waals surface area contributed by atoms with Crippen LogP contribution in [-0.2, 0) is 25.6 Å². The molecule has 1 aromatic rings. The molecule has 0 aliphatic carbocycles. The maximum Gasteiger partial charge on any atom is 0.323 e. The molecule has 0 amide bonds. The van der Waals surface area contributed by atoms with E-state index in [4.69, 9.17) is 18.9 Å². The lowest BCUT2D eigenvalue weighted by atomic mass is 10.1. The van der Waals surface area contributed by atoms with Crippen molar-refractivity contribution in [2.75, 3.05) is 35.5 Å². The van der Waals surface area contributed by atoms with Crippen LogP contribution in [0.15, 0.2) is 12.1 Å². The van der Waals surface area contributed by atoms with E-state index in [0.29, 0.717) is 22.8 Å². The molecule has 0 heterocycles. The van der Waals surface area contributed by atoms with Crippen molar-refractivity contribution in [1.82, 2.24) is 5.32 Å². The van der Waals surface area contributed by atoms with E-state index in [1.54, 1.807) is 12.1 Å². The Morgan fingerprint density at radius 3 is 1.96 bits per heavy atom. The van der Waals surface area contributed by atoms with Crippen LogP contribution >= 0.6 is 0 Å². The zero-order valence-electron chi connectivity index (χ0n) is 14.5. The SMILES string of the molecule is COC(=O)CC(NCc1c(OC)cc(OC)cc1OC)C(=O)OC. The maximum atomic E-state index is 11.8. The van der Waals surface area contributed by atoms with Gasteiger partial charge >= 0.3 is 11.9 Å². The normalized spacial score (nSPS) is 11.4. The zero-order valence-corrected chi connectivity index (χ0v) is 14.5. The van der Waals surface area contributed by atoms with Crippen LogP contribution in [0.4, 0.5) is 0 Å². The second-order valence-corrected chi connectivity index (χ2v) is 4.75. The van der Waals surface area contributed by atoms with Crippen molar-refractivity contribution in [3.63, 3.8) is 0 Å². The molecule has 0 radical (unpaired) electrons. The Kier molecular flexibility index (Phi) is 7.84. The molecule has 0 saturated heterocycles. The van der Waals surface area contributed by atoms with E-state index in [1.807, 2.05) is 0 Å². The third kappa shape index (κ3) is 5.02. The van der Waals surface area contributed by atoms with Gasteiger partial charge in [0, 0.05) is 18.7 Å². The topological polar surface area (TPSA) is 92.3 Å². The first kappa shape index (κ1) is 19.6. The van der Waals surface area contributed by atoms with Gasteiger partial charge in [-0.1, -0.05) is 0 Å². The smallest absolute Gasteiger partial charge is 0.323 e. The number of ether oxygens (including phenoxy) is 5. The maximum absolute atomic E-state index is 11.8. The number of rotatable bonds is 9. The van der Waals surface area contributed by atoms with Gasteiger partial charge in [-0.3, -0.25) is 14.9 Å². The molecular weight excluding hydrogens is 318 g/mol. The summed E-state index contributed by atoms with van der Waals surface area (Å²) in [5.74, 6) is 0.547. The lowest BCUT2D eigenvalue weighted by Crippen LogP contribution is -2.39. The van der Waals surface area contributed by atoms with E-state index < -0.39 is 18.0 Å². The Bertz CT molecular complexity index is 549. The average molecular weight is 341 g/mol. The highest BCUT2D eigenvalue weighted by atomic mass is 16.5. The van der Waals surface area contributed by atoms with Gasteiger partial charge in [-0.25, -0.2) is 0 Å². The summed E-state index contributed by atoms with van der Waals surface area (Å²) in [6.07, 6.45) is -0.149. The van der Waals surface area contributed by atoms with E-state index in [2.05, 4.69) is 10.1 Å². The number of carbonyl (C=O) groups excluding carboxylic acids is 2. The number of nitrogens with one attached hydrogen (secondary N) is 1. The third-order valence-electron chi connectivity index (χ3n) is 3.43. The molecule has 134 valence electrons. The molecular formula is C16H23NO7. The lowest BCUT2D eigenvalue weighted by molar-refractivity contribution is -0.149. The highest BCUT2D eigenvalue weighted by molar-refractivity contribution is 5.82. The number of hydrogen-bond donors (Lipinski definition) is 1. The van der Waals surface area contributed by atoms with Gasteiger partial charge in [-0.05, 0) is 0 Å². The summed E-state index contributed by atoms with van der Waals surface area (Å²) in [5, 5.41) is 2.96. The van der Waals surface area contributed by atoms with Crippen LogP contribution in [0.5, 0.6) is 17.2 Å². The molecule has 24 heavy (non-hydrogen) atoms.